The highest BCUT2D eigenvalue weighted by Crippen LogP contribution is 2.38. The lowest BCUT2D eigenvalue weighted by molar-refractivity contribution is -0.320. The van der Waals surface area contributed by atoms with Crippen LogP contribution in [0, 0.1) is 0 Å². The molecule has 3 aromatic carbocycles. The molecule has 2 saturated heterocycles. The van der Waals surface area contributed by atoms with E-state index in [-0.39, 0.29) is 43.8 Å². The number of aliphatic hydroxyl groups excluding tert-OH is 1. The second-order valence-corrected chi connectivity index (χ2v) is 14.8. The topological polar surface area (TPSA) is 169 Å². The van der Waals surface area contributed by atoms with Gasteiger partial charge in [0.25, 0.3) is 5.91 Å². The van der Waals surface area contributed by atoms with Gasteiger partial charge in [-0.3, -0.25) is 9.59 Å². The predicted octanol–water partition coefficient (Wildman–Crippen LogP) is 4.75. The first-order valence-electron chi connectivity index (χ1n) is 18.7. The first-order valence-corrected chi connectivity index (χ1v) is 19.5. The average molecular weight is 855 g/mol. The summed E-state index contributed by atoms with van der Waals surface area (Å²) in [4.78, 5) is 41.0. The number of imide groups is 1. The van der Waals surface area contributed by atoms with Crippen molar-refractivity contribution in [1.29, 1.82) is 0 Å². The fourth-order valence-corrected chi connectivity index (χ4v) is 7.73. The molecule has 3 heterocycles. The van der Waals surface area contributed by atoms with E-state index in [0.717, 1.165) is 22.1 Å². The second-order valence-electron chi connectivity index (χ2n) is 14.0. The zero-order valence-electron chi connectivity index (χ0n) is 31.9. The monoisotopic (exact) mass is 853 g/mol. The smallest absolute Gasteiger partial charge is 0.417 e. The standard InChI is InChI=1S/C42H48BrNO13/c1-26-33(29-18-11-6-12-19-29)56-41(48)44(26)39(47)37(50-2)34-30(46)22-32(43)42(49,57-34)20-13-21-52-38-36(54-25-28-16-9-5-10-17-28)35(31(23-45)55-40(38)51-3)53-24-27-14-7-4-8-15-27/h4-12,14-19,22,26,31,33-38,40,45,49H,13,20-21,23-25H2,1-3H3/t26-,31+,33-,34+,35+,36-,37-,38-,40-,42+/m0/s1. The van der Waals surface area contributed by atoms with E-state index in [1.54, 1.807) is 31.2 Å². The maximum Gasteiger partial charge on any atom is 0.417 e. The van der Waals surface area contributed by atoms with E-state index in [0.29, 0.717) is 5.56 Å². The second kappa shape index (κ2) is 19.7. The largest absolute Gasteiger partial charge is 0.439 e. The molecule has 3 aliphatic heterocycles. The number of cyclic esters (lactones) is 1. The number of carbonyl (C=O) groups is 3. The van der Waals surface area contributed by atoms with E-state index >= 15 is 0 Å². The molecule has 2 fully saturated rings. The molecule has 0 bridgehead atoms. The third kappa shape index (κ3) is 9.88. The molecule has 0 unspecified atom stereocenters. The summed E-state index contributed by atoms with van der Waals surface area (Å²) < 4.78 is 48.1. The van der Waals surface area contributed by atoms with Crippen LogP contribution < -0.4 is 0 Å². The minimum atomic E-state index is -2.07. The molecule has 306 valence electrons. The number of ether oxygens (including phenoxy) is 8. The SMILES string of the molecule is CO[C@H]1O[C@H](CO)[C@@H](OCc2ccccc2)[C@H](OCc2ccccc2)[C@@H]1OCCC[C@@]1(O)O[C@@H]([C@H](OC)C(=O)N2C(=O)O[C@H](c3ccccc3)[C@@H]2C)C(=O)C=C1Br. The fourth-order valence-electron chi connectivity index (χ4n) is 7.22. The number of carbonyl (C=O) groups excluding carboxylic acids is 3. The lowest BCUT2D eigenvalue weighted by atomic mass is 9.97. The Balaban J connectivity index is 1.14. The van der Waals surface area contributed by atoms with Gasteiger partial charge in [-0.2, -0.15) is 0 Å². The number of rotatable bonds is 17. The average Bonchev–Trinajstić information content (AvgIpc) is 3.53. The van der Waals surface area contributed by atoms with Crippen LogP contribution in [0.25, 0.3) is 0 Å². The van der Waals surface area contributed by atoms with Gasteiger partial charge in [-0.1, -0.05) is 91.0 Å². The van der Waals surface area contributed by atoms with Gasteiger partial charge in [0.1, 0.15) is 30.5 Å². The van der Waals surface area contributed by atoms with Crippen LogP contribution in [0.1, 0.15) is 42.6 Å². The van der Waals surface area contributed by atoms with Crippen LogP contribution >= 0.6 is 15.9 Å². The Hall–Kier alpha value is -3.87. The van der Waals surface area contributed by atoms with Crippen LogP contribution in [-0.2, 0) is 60.7 Å². The van der Waals surface area contributed by atoms with Crippen molar-refractivity contribution >= 4 is 33.7 Å². The molecule has 0 saturated carbocycles. The highest BCUT2D eigenvalue weighted by molar-refractivity contribution is 9.11. The van der Waals surface area contributed by atoms with Crippen LogP contribution in [-0.4, -0.2) is 115 Å². The number of halogens is 1. The lowest BCUT2D eigenvalue weighted by Gasteiger charge is -2.45. The Bertz CT molecular complexity index is 1820. The Kier molecular flexibility index (Phi) is 14.8. The first kappa shape index (κ1) is 42.7. The van der Waals surface area contributed by atoms with Gasteiger partial charge in [-0.25, -0.2) is 9.69 Å². The first-order chi connectivity index (χ1) is 27.6. The van der Waals surface area contributed by atoms with Gasteiger partial charge in [-0.15, -0.1) is 0 Å². The van der Waals surface area contributed by atoms with Crippen molar-refractivity contribution < 1.29 is 62.5 Å². The molecule has 14 nitrogen and oxygen atoms in total. The summed E-state index contributed by atoms with van der Waals surface area (Å²) in [6, 6.07) is 27.4. The molecule has 3 aliphatic rings. The maximum atomic E-state index is 13.9. The van der Waals surface area contributed by atoms with E-state index < -0.39 is 78.6 Å². The molecule has 0 aromatic heterocycles. The molecule has 57 heavy (non-hydrogen) atoms. The van der Waals surface area contributed by atoms with E-state index in [9.17, 15) is 24.6 Å². The number of benzene rings is 3. The third-order valence-electron chi connectivity index (χ3n) is 10.2. The summed E-state index contributed by atoms with van der Waals surface area (Å²) in [6.45, 7) is 1.77. The molecular weight excluding hydrogens is 806 g/mol. The molecule has 0 aliphatic carbocycles. The van der Waals surface area contributed by atoms with Crippen LogP contribution in [0.15, 0.2) is 102 Å². The summed E-state index contributed by atoms with van der Waals surface area (Å²) in [5.41, 5.74) is 2.53. The molecule has 0 radical (unpaired) electrons. The lowest BCUT2D eigenvalue weighted by Crippen LogP contribution is -2.61. The predicted molar refractivity (Wildman–Crippen MR) is 206 cm³/mol. The maximum absolute atomic E-state index is 13.9. The van der Waals surface area contributed by atoms with Crippen LogP contribution in [0.4, 0.5) is 4.79 Å². The van der Waals surface area contributed by atoms with Crippen LogP contribution in [0.2, 0.25) is 0 Å². The van der Waals surface area contributed by atoms with E-state index in [4.69, 9.17) is 37.9 Å². The summed E-state index contributed by atoms with van der Waals surface area (Å²) in [5, 5.41) is 22.1. The number of hydrogen-bond acceptors (Lipinski definition) is 13. The number of ketones is 1. The highest BCUT2D eigenvalue weighted by atomic mass is 79.9. The van der Waals surface area contributed by atoms with Crippen LogP contribution in [0.3, 0.4) is 0 Å². The molecule has 2 amide bonds. The van der Waals surface area contributed by atoms with Gasteiger partial charge in [0.2, 0.25) is 0 Å². The molecule has 10 atom stereocenters. The normalized spacial score (nSPS) is 29.5. The van der Waals surface area contributed by atoms with Gasteiger partial charge >= 0.3 is 6.09 Å². The van der Waals surface area contributed by atoms with Gasteiger partial charge in [0.05, 0.1) is 30.3 Å². The zero-order valence-corrected chi connectivity index (χ0v) is 33.5. The van der Waals surface area contributed by atoms with Crippen LogP contribution in [0.5, 0.6) is 0 Å². The fraction of sp³-hybridized carbons (Fsp3) is 0.452. The Morgan fingerprint density at radius 2 is 1.47 bits per heavy atom. The quantitative estimate of drug-likeness (QED) is 0.179. The Morgan fingerprint density at radius 3 is 2.05 bits per heavy atom. The number of methoxy groups -OCH3 is 2. The van der Waals surface area contributed by atoms with Crippen molar-refractivity contribution in [2.75, 3.05) is 27.4 Å². The van der Waals surface area contributed by atoms with Gasteiger partial charge in [0, 0.05) is 27.2 Å². The van der Waals surface area contributed by atoms with E-state index in [1.807, 2.05) is 66.7 Å². The zero-order chi connectivity index (χ0) is 40.5. The molecule has 2 N–H and O–H groups in total. The van der Waals surface area contributed by atoms with Crippen molar-refractivity contribution in [1.82, 2.24) is 4.90 Å². The van der Waals surface area contributed by atoms with Gasteiger partial charge in [-0.05, 0) is 52.0 Å². The van der Waals surface area contributed by atoms with Gasteiger partial charge in [0.15, 0.2) is 30.1 Å². The van der Waals surface area contributed by atoms with Crippen molar-refractivity contribution in [3.63, 3.8) is 0 Å². The molecule has 15 heteroatoms. The van der Waals surface area contributed by atoms with E-state index in [2.05, 4.69) is 15.9 Å². The summed E-state index contributed by atoms with van der Waals surface area (Å²) in [7, 11) is 2.68. The van der Waals surface area contributed by atoms with Crippen molar-refractivity contribution in [2.45, 2.75) is 93.8 Å². The molecule has 0 spiro atoms. The Labute approximate surface area is 339 Å². The number of amides is 2. The van der Waals surface area contributed by atoms with Crippen molar-refractivity contribution in [3.05, 3.63) is 118 Å². The summed E-state index contributed by atoms with van der Waals surface area (Å²) in [6.07, 6.45) is -7.67. The van der Waals surface area contributed by atoms with Crippen molar-refractivity contribution in [3.8, 4) is 0 Å². The molecular formula is C42H48BrNO13. The third-order valence-corrected chi connectivity index (χ3v) is 11.0. The number of nitrogens with zero attached hydrogens (tertiary/aromatic N) is 1. The molecule has 6 rings (SSSR count). The number of hydrogen-bond donors (Lipinski definition) is 2. The number of aliphatic hydroxyl groups is 2. The summed E-state index contributed by atoms with van der Waals surface area (Å²) in [5.74, 6) is -3.57. The molecule has 3 aromatic rings. The minimum Gasteiger partial charge on any atom is -0.439 e. The highest BCUT2D eigenvalue weighted by Gasteiger charge is 2.52. The Morgan fingerprint density at radius 1 is 0.877 bits per heavy atom. The van der Waals surface area contributed by atoms with Crippen molar-refractivity contribution in [2.24, 2.45) is 0 Å². The van der Waals surface area contributed by atoms with Gasteiger partial charge < -0.3 is 48.1 Å². The van der Waals surface area contributed by atoms with E-state index in [1.165, 1.54) is 14.2 Å². The summed E-state index contributed by atoms with van der Waals surface area (Å²) >= 11 is 3.28. The minimum absolute atomic E-state index is 0.0312.